The van der Waals surface area contributed by atoms with E-state index >= 15 is 0 Å². The van der Waals surface area contributed by atoms with Crippen LogP contribution in [0.3, 0.4) is 0 Å². The highest BCUT2D eigenvalue weighted by atomic mass is 16.1. The van der Waals surface area contributed by atoms with Crippen LogP contribution in [0.15, 0.2) is 70.6 Å². The van der Waals surface area contributed by atoms with Gasteiger partial charge in [0, 0.05) is 5.56 Å². The molecule has 0 aliphatic carbocycles. The SMILES string of the molecule is Cc1cccc(-c2c(-c3ccccc3)ccc(N=C=O)c2N=C=O)c1C. The Hall–Kier alpha value is -3.58. The second-order valence-electron chi connectivity index (χ2n) is 5.88. The molecule has 0 aliphatic rings. The van der Waals surface area contributed by atoms with Gasteiger partial charge in [-0.1, -0.05) is 54.6 Å². The number of isocyanates is 2. The molecule has 0 saturated carbocycles. The van der Waals surface area contributed by atoms with E-state index in [9.17, 15) is 9.59 Å². The third-order valence-electron chi connectivity index (χ3n) is 4.44. The van der Waals surface area contributed by atoms with Crippen molar-refractivity contribution in [2.75, 3.05) is 0 Å². The van der Waals surface area contributed by atoms with E-state index in [-0.39, 0.29) is 0 Å². The minimum Gasteiger partial charge on any atom is -0.211 e. The zero-order valence-corrected chi connectivity index (χ0v) is 14.5. The lowest BCUT2D eigenvalue weighted by Crippen LogP contribution is -1.92. The molecular formula is C22H16N2O2. The molecule has 26 heavy (non-hydrogen) atoms. The summed E-state index contributed by atoms with van der Waals surface area (Å²) in [5.41, 5.74) is 6.35. The fraction of sp³-hybridized carbons (Fsp3) is 0.0909. The Morgan fingerprint density at radius 2 is 1.46 bits per heavy atom. The number of aliphatic imine (C=N–C) groups is 2. The maximum atomic E-state index is 11.1. The highest BCUT2D eigenvalue weighted by Gasteiger charge is 2.18. The Bertz CT molecular complexity index is 1060. The predicted octanol–water partition coefficient (Wildman–Crippen LogP) is 5.57. The lowest BCUT2D eigenvalue weighted by atomic mass is 9.89. The molecule has 0 amide bonds. The van der Waals surface area contributed by atoms with Crippen LogP contribution >= 0.6 is 0 Å². The van der Waals surface area contributed by atoms with Gasteiger partial charge in [0.15, 0.2) is 0 Å². The van der Waals surface area contributed by atoms with Crippen LogP contribution in [0, 0.1) is 13.8 Å². The normalized spacial score (nSPS) is 9.92. The molecule has 0 fully saturated rings. The summed E-state index contributed by atoms with van der Waals surface area (Å²) in [5, 5.41) is 0. The fourth-order valence-electron chi connectivity index (χ4n) is 3.03. The van der Waals surface area contributed by atoms with Gasteiger partial charge in [-0.2, -0.15) is 9.98 Å². The predicted molar refractivity (Wildman–Crippen MR) is 102 cm³/mol. The smallest absolute Gasteiger partial charge is 0.211 e. The van der Waals surface area contributed by atoms with Crippen molar-refractivity contribution >= 4 is 23.5 Å². The van der Waals surface area contributed by atoms with Crippen molar-refractivity contribution in [1.29, 1.82) is 0 Å². The second-order valence-corrected chi connectivity index (χ2v) is 5.88. The topological polar surface area (TPSA) is 58.9 Å². The van der Waals surface area contributed by atoms with E-state index in [1.807, 2.05) is 68.4 Å². The summed E-state index contributed by atoms with van der Waals surface area (Å²) in [5.74, 6) is 0. The summed E-state index contributed by atoms with van der Waals surface area (Å²) in [7, 11) is 0. The van der Waals surface area contributed by atoms with Gasteiger partial charge in [-0.05, 0) is 47.7 Å². The molecule has 0 atom stereocenters. The summed E-state index contributed by atoms with van der Waals surface area (Å²) < 4.78 is 0. The molecule has 0 saturated heterocycles. The number of hydrogen-bond acceptors (Lipinski definition) is 4. The zero-order valence-electron chi connectivity index (χ0n) is 14.5. The molecule has 3 rings (SSSR count). The van der Waals surface area contributed by atoms with Crippen LogP contribution in [0.25, 0.3) is 22.3 Å². The van der Waals surface area contributed by atoms with Gasteiger partial charge in [0.1, 0.15) is 11.4 Å². The van der Waals surface area contributed by atoms with Gasteiger partial charge in [0.25, 0.3) is 0 Å². The van der Waals surface area contributed by atoms with Crippen molar-refractivity contribution in [2.24, 2.45) is 9.98 Å². The number of hydrogen-bond donors (Lipinski definition) is 0. The van der Waals surface area contributed by atoms with Gasteiger partial charge in [-0.25, -0.2) is 9.59 Å². The molecule has 3 aromatic carbocycles. The number of rotatable bonds is 4. The summed E-state index contributed by atoms with van der Waals surface area (Å²) in [6, 6.07) is 19.3. The molecule has 126 valence electrons. The lowest BCUT2D eigenvalue weighted by Gasteiger charge is -2.17. The summed E-state index contributed by atoms with van der Waals surface area (Å²) in [6.07, 6.45) is 3.12. The van der Waals surface area contributed by atoms with E-state index in [2.05, 4.69) is 9.98 Å². The minimum absolute atomic E-state index is 0.291. The molecule has 4 heteroatoms. The van der Waals surface area contributed by atoms with Crippen molar-refractivity contribution in [3.63, 3.8) is 0 Å². The first kappa shape index (κ1) is 17.2. The minimum atomic E-state index is 0.291. The highest BCUT2D eigenvalue weighted by molar-refractivity contribution is 5.97. The molecule has 0 heterocycles. The lowest BCUT2D eigenvalue weighted by molar-refractivity contribution is 0.564. The molecule has 0 bridgehead atoms. The first-order valence-electron chi connectivity index (χ1n) is 8.12. The summed E-state index contributed by atoms with van der Waals surface area (Å²) in [4.78, 5) is 29.5. The molecule has 3 aromatic rings. The third-order valence-corrected chi connectivity index (χ3v) is 4.44. The number of aryl methyl sites for hydroxylation is 1. The van der Waals surface area contributed by atoms with Gasteiger partial charge in [0.2, 0.25) is 12.2 Å². The van der Waals surface area contributed by atoms with Crippen LogP contribution in [-0.4, -0.2) is 12.2 Å². The van der Waals surface area contributed by atoms with Gasteiger partial charge >= 0.3 is 0 Å². The maximum Gasteiger partial charge on any atom is 0.240 e. The van der Waals surface area contributed by atoms with Crippen molar-refractivity contribution in [3.05, 3.63) is 71.8 Å². The first-order chi connectivity index (χ1) is 12.7. The van der Waals surface area contributed by atoms with Gasteiger partial charge in [-0.3, -0.25) is 0 Å². The van der Waals surface area contributed by atoms with Crippen molar-refractivity contribution in [3.8, 4) is 22.3 Å². The van der Waals surface area contributed by atoms with Crippen LogP contribution in [-0.2, 0) is 9.59 Å². The standard InChI is InChI=1S/C22H16N2O2/c1-15-7-6-10-18(16(15)2)21-19(17-8-4-3-5-9-17)11-12-20(23-13-25)22(21)24-14-26/h3-12H,1-2H3. The van der Waals surface area contributed by atoms with Crippen molar-refractivity contribution in [1.82, 2.24) is 0 Å². The Balaban J connectivity index is 2.48. The number of nitrogens with zero attached hydrogens (tertiary/aromatic N) is 2. The third kappa shape index (κ3) is 3.15. The van der Waals surface area contributed by atoms with E-state index < -0.39 is 0 Å². The van der Waals surface area contributed by atoms with E-state index in [1.165, 1.54) is 6.08 Å². The van der Waals surface area contributed by atoms with E-state index in [1.54, 1.807) is 12.1 Å². The Kier molecular flexibility index (Phi) is 5.00. The van der Waals surface area contributed by atoms with Crippen LogP contribution in [0.1, 0.15) is 11.1 Å². The number of carbonyl (C=O) groups excluding carboxylic acids is 2. The summed E-state index contributed by atoms with van der Waals surface area (Å²) in [6.45, 7) is 4.04. The van der Waals surface area contributed by atoms with Gasteiger partial charge in [0.05, 0.1) is 0 Å². The Morgan fingerprint density at radius 1 is 0.731 bits per heavy atom. The van der Waals surface area contributed by atoms with Crippen LogP contribution in [0.4, 0.5) is 11.4 Å². The highest BCUT2D eigenvalue weighted by Crippen LogP contribution is 2.46. The molecule has 0 aromatic heterocycles. The van der Waals surface area contributed by atoms with Gasteiger partial charge in [-0.15, -0.1) is 0 Å². The molecule has 0 aliphatic heterocycles. The summed E-state index contributed by atoms with van der Waals surface area (Å²) >= 11 is 0. The average Bonchev–Trinajstić information content (AvgIpc) is 2.66. The Morgan fingerprint density at radius 3 is 2.15 bits per heavy atom. The molecule has 0 N–H and O–H groups in total. The maximum absolute atomic E-state index is 11.1. The van der Waals surface area contributed by atoms with E-state index in [0.717, 1.165) is 33.4 Å². The van der Waals surface area contributed by atoms with Crippen LogP contribution in [0.5, 0.6) is 0 Å². The van der Waals surface area contributed by atoms with Crippen LogP contribution < -0.4 is 0 Å². The number of benzene rings is 3. The Labute approximate surface area is 151 Å². The average molecular weight is 340 g/mol. The van der Waals surface area contributed by atoms with Crippen molar-refractivity contribution in [2.45, 2.75) is 13.8 Å². The molecule has 0 radical (unpaired) electrons. The first-order valence-corrected chi connectivity index (χ1v) is 8.12. The molecule has 4 nitrogen and oxygen atoms in total. The quantitative estimate of drug-likeness (QED) is 0.460. The van der Waals surface area contributed by atoms with Crippen LogP contribution in [0.2, 0.25) is 0 Å². The fourth-order valence-corrected chi connectivity index (χ4v) is 3.03. The largest absolute Gasteiger partial charge is 0.240 e. The monoisotopic (exact) mass is 340 g/mol. The molecule has 0 spiro atoms. The zero-order chi connectivity index (χ0) is 18.5. The van der Waals surface area contributed by atoms with Crippen molar-refractivity contribution < 1.29 is 9.59 Å². The second kappa shape index (κ2) is 7.54. The van der Waals surface area contributed by atoms with Gasteiger partial charge < -0.3 is 0 Å². The molecular weight excluding hydrogens is 324 g/mol. The van der Waals surface area contributed by atoms with E-state index in [0.29, 0.717) is 11.4 Å². The molecule has 0 unspecified atom stereocenters. The van der Waals surface area contributed by atoms with E-state index in [4.69, 9.17) is 0 Å².